The lowest BCUT2D eigenvalue weighted by Gasteiger charge is -2.24. The molecule has 6 heteroatoms. The molecular formula is C18H16ClNO4. The molecule has 1 aliphatic heterocycles. The largest absolute Gasteiger partial charge is 0.494 e. The summed E-state index contributed by atoms with van der Waals surface area (Å²) in [7, 11) is 0. The van der Waals surface area contributed by atoms with E-state index in [1.807, 2.05) is 6.92 Å². The van der Waals surface area contributed by atoms with Gasteiger partial charge in [0.25, 0.3) is 5.91 Å². The highest BCUT2D eigenvalue weighted by Crippen LogP contribution is 2.25. The third kappa shape index (κ3) is 3.51. The summed E-state index contributed by atoms with van der Waals surface area (Å²) in [5, 5.41) is 3.21. The summed E-state index contributed by atoms with van der Waals surface area (Å²) in [5.41, 5.74) is 1.77. The van der Waals surface area contributed by atoms with Gasteiger partial charge in [-0.15, -0.1) is 0 Å². The SMILES string of the molecule is CCOc1ccc(NC(=O)[C@@H]2Cc3ccc(Cl)cc3C(=O)O2)cc1. The number of cyclic esters (lactones) is 1. The Bertz CT molecular complexity index is 773. The number of anilines is 1. The van der Waals surface area contributed by atoms with E-state index in [1.165, 1.54) is 0 Å². The van der Waals surface area contributed by atoms with Crippen molar-refractivity contribution in [3.63, 3.8) is 0 Å². The average molecular weight is 346 g/mol. The van der Waals surface area contributed by atoms with Gasteiger partial charge in [-0.3, -0.25) is 4.79 Å². The minimum Gasteiger partial charge on any atom is -0.494 e. The molecule has 0 spiro atoms. The summed E-state index contributed by atoms with van der Waals surface area (Å²) in [5.74, 6) is -0.177. The normalized spacial score (nSPS) is 16.1. The van der Waals surface area contributed by atoms with Crippen molar-refractivity contribution in [2.45, 2.75) is 19.4 Å². The number of ether oxygens (including phenoxy) is 2. The van der Waals surface area contributed by atoms with E-state index in [9.17, 15) is 9.59 Å². The number of benzene rings is 2. The number of rotatable bonds is 4. The number of halogens is 1. The Morgan fingerprint density at radius 1 is 1.29 bits per heavy atom. The van der Waals surface area contributed by atoms with Crippen LogP contribution in [-0.4, -0.2) is 24.6 Å². The predicted octanol–water partition coefficient (Wildman–Crippen LogP) is 3.46. The molecule has 3 rings (SSSR count). The van der Waals surface area contributed by atoms with E-state index in [2.05, 4.69) is 5.32 Å². The molecule has 0 radical (unpaired) electrons. The zero-order chi connectivity index (χ0) is 17.1. The number of amides is 1. The molecule has 1 heterocycles. The first-order chi connectivity index (χ1) is 11.6. The Balaban J connectivity index is 1.69. The molecule has 2 aromatic rings. The molecule has 0 saturated heterocycles. The van der Waals surface area contributed by atoms with Gasteiger partial charge in [0, 0.05) is 17.1 Å². The summed E-state index contributed by atoms with van der Waals surface area (Å²) < 4.78 is 10.6. The van der Waals surface area contributed by atoms with Gasteiger partial charge in [0.2, 0.25) is 0 Å². The molecule has 0 saturated carbocycles. The monoisotopic (exact) mass is 345 g/mol. The van der Waals surface area contributed by atoms with Gasteiger partial charge in [-0.2, -0.15) is 0 Å². The number of carbonyl (C=O) groups excluding carboxylic acids is 2. The van der Waals surface area contributed by atoms with Gasteiger partial charge in [-0.1, -0.05) is 17.7 Å². The van der Waals surface area contributed by atoms with Crippen LogP contribution in [-0.2, 0) is 16.0 Å². The maximum absolute atomic E-state index is 12.4. The van der Waals surface area contributed by atoms with Crippen LogP contribution in [0.5, 0.6) is 5.75 Å². The minimum absolute atomic E-state index is 0.321. The molecule has 0 aliphatic carbocycles. The van der Waals surface area contributed by atoms with Gasteiger partial charge < -0.3 is 14.8 Å². The highest BCUT2D eigenvalue weighted by molar-refractivity contribution is 6.31. The molecule has 24 heavy (non-hydrogen) atoms. The van der Waals surface area contributed by atoms with Crippen molar-refractivity contribution >= 4 is 29.2 Å². The lowest BCUT2D eigenvalue weighted by molar-refractivity contribution is -0.125. The van der Waals surface area contributed by atoms with Crippen molar-refractivity contribution in [3.8, 4) is 5.75 Å². The molecule has 124 valence electrons. The molecular weight excluding hydrogens is 330 g/mol. The van der Waals surface area contributed by atoms with Crippen LogP contribution in [0.2, 0.25) is 5.02 Å². The van der Waals surface area contributed by atoms with E-state index in [4.69, 9.17) is 21.1 Å². The van der Waals surface area contributed by atoms with Gasteiger partial charge in [-0.05, 0) is 48.9 Å². The molecule has 1 atom stereocenters. The molecule has 0 aromatic heterocycles. The first kappa shape index (κ1) is 16.3. The maximum Gasteiger partial charge on any atom is 0.339 e. The van der Waals surface area contributed by atoms with E-state index in [0.717, 1.165) is 11.3 Å². The first-order valence-electron chi connectivity index (χ1n) is 7.60. The lowest BCUT2D eigenvalue weighted by Crippen LogP contribution is -2.38. The third-order valence-electron chi connectivity index (χ3n) is 3.67. The Kier molecular flexibility index (Phi) is 4.71. The fraction of sp³-hybridized carbons (Fsp3) is 0.222. The predicted molar refractivity (Wildman–Crippen MR) is 90.6 cm³/mol. The molecule has 0 bridgehead atoms. The van der Waals surface area contributed by atoms with E-state index in [0.29, 0.717) is 29.3 Å². The van der Waals surface area contributed by atoms with Crippen LogP contribution in [0.25, 0.3) is 0 Å². The van der Waals surface area contributed by atoms with Gasteiger partial charge >= 0.3 is 5.97 Å². The van der Waals surface area contributed by atoms with Gasteiger partial charge in [-0.25, -0.2) is 4.79 Å². The zero-order valence-electron chi connectivity index (χ0n) is 13.0. The second-order valence-corrected chi connectivity index (χ2v) is 5.78. The number of esters is 1. The van der Waals surface area contributed by atoms with E-state index >= 15 is 0 Å². The Hall–Kier alpha value is -2.53. The van der Waals surface area contributed by atoms with Crippen molar-refractivity contribution < 1.29 is 19.1 Å². The Morgan fingerprint density at radius 2 is 2.04 bits per heavy atom. The van der Waals surface area contributed by atoms with E-state index in [1.54, 1.807) is 42.5 Å². The zero-order valence-corrected chi connectivity index (χ0v) is 13.8. The molecule has 0 fully saturated rings. The van der Waals surface area contributed by atoms with Crippen molar-refractivity contribution in [1.82, 2.24) is 0 Å². The van der Waals surface area contributed by atoms with Crippen LogP contribution >= 0.6 is 11.6 Å². The minimum atomic E-state index is -0.863. The number of nitrogens with one attached hydrogen (secondary N) is 1. The Morgan fingerprint density at radius 3 is 2.75 bits per heavy atom. The van der Waals surface area contributed by atoms with Crippen LogP contribution in [0.15, 0.2) is 42.5 Å². The van der Waals surface area contributed by atoms with Crippen LogP contribution in [0.1, 0.15) is 22.8 Å². The quantitative estimate of drug-likeness (QED) is 0.862. The number of carbonyl (C=O) groups is 2. The second kappa shape index (κ2) is 6.93. The first-order valence-corrected chi connectivity index (χ1v) is 7.97. The summed E-state index contributed by atoms with van der Waals surface area (Å²) in [6.07, 6.45) is -0.543. The third-order valence-corrected chi connectivity index (χ3v) is 3.91. The van der Waals surface area contributed by atoms with E-state index < -0.39 is 12.1 Å². The van der Waals surface area contributed by atoms with Crippen molar-refractivity contribution in [2.75, 3.05) is 11.9 Å². The summed E-state index contributed by atoms with van der Waals surface area (Å²) in [6, 6.07) is 12.0. The van der Waals surface area contributed by atoms with Crippen LogP contribution in [0.4, 0.5) is 5.69 Å². The second-order valence-electron chi connectivity index (χ2n) is 5.35. The molecule has 0 unspecified atom stereocenters. The fourth-order valence-electron chi connectivity index (χ4n) is 2.52. The number of fused-ring (bicyclic) bond motifs is 1. The lowest BCUT2D eigenvalue weighted by atomic mass is 9.98. The molecule has 1 N–H and O–H groups in total. The van der Waals surface area contributed by atoms with Crippen LogP contribution in [0, 0.1) is 0 Å². The molecule has 2 aromatic carbocycles. The van der Waals surface area contributed by atoms with Gasteiger partial charge in [0.05, 0.1) is 12.2 Å². The maximum atomic E-state index is 12.4. The Labute approximate surface area is 144 Å². The molecule has 1 amide bonds. The van der Waals surface area contributed by atoms with Crippen molar-refractivity contribution in [2.24, 2.45) is 0 Å². The molecule has 5 nitrogen and oxygen atoms in total. The van der Waals surface area contributed by atoms with Crippen LogP contribution < -0.4 is 10.1 Å². The van der Waals surface area contributed by atoms with E-state index in [-0.39, 0.29) is 5.91 Å². The highest BCUT2D eigenvalue weighted by Gasteiger charge is 2.31. The summed E-state index contributed by atoms with van der Waals surface area (Å²) >= 11 is 5.89. The topological polar surface area (TPSA) is 64.6 Å². The van der Waals surface area contributed by atoms with Crippen molar-refractivity contribution in [1.29, 1.82) is 0 Å². The van der Waals surface area contributed by atoms with Crippen LogP contribution in [0.3, 0.4) is 0 Å². The summed E-state index contributed by atoms with van der Waals surface area (Å²) in [4.78, 5) is 24.4. The van der Waals surface area contributed by atoms with Gasteiger partial charge in [0.15, 0.2) is 6.10 Å². The van der Waals surface area contributed by atoms with Crippen molar-refractivity contribution in [3.05, 3.63) is 58.6 Å². The van der Waals surface area contributed by atoms with Gasteiger partial charge in [0.1, 0.15) is 5.75 Å². The summed E-state index contributed by atoms with van der Waals surface area (Å²) in [6.45, 7) is 2.48. The number of hydrogen-bond acceptors (Lipinski definition) is 4. The standard InChI is InChI=1S/C18H16ClNO4/c1-2-23-14-7-5-13(6-8-14)20-17(21)16-9-11-3-4-12(19)10-15(11)18(22)24-16/h3-8,10,16H,2,9H2,1H3,(H,20,21)/t16-/m0/s1. The number of hydrogen-bond donors (Lipinski definition) is 1. The fourth-order valence-corrected chi connectivity index (χ4v) is 2.69. The smallest absolute Gasteiger partial charge is 0.339 e. The molecule has 1 aliphatic rings. The average Bonchev–Trinajstić information content (AvgIpc) is 2.57. The highest BCUT2D eigenvalue weighted by atomic mass is 35.5.